The van der Waals surface area contributed by atoms with E-state index in [9.17, 15) is 19.2 Å². The zero-order valence-corrected chi connectivity index (χ0v) is 69.9. The lowest BCUT2D eigenvalue weighted by Gasteiger charge is -2.66. The summed E-state index contributed by atoms with van der Waals surface area (Å²) in [6.07, 6.45) is 14.9. The molecule has 17 heteroatoms. The number of nitrogens with one attached hydrogen (secondary N) is 6. The van der Waals surface area contributed by atoms with Crippen LogP contribution in [0.2, 0.25) is 0 Å². The lowest BCUT2D eigenvalue weighted by Crippen LogP contribution is -2.68. The predicted octanol–water partition coefficient (Wildman–Crippen LogP) is 15.0. The molecule has 8 heterocycles. The standard InChI is InChI=1S/C71H134N6O4.C12H18O7/c1-55(2,41-70(47-29-57(5,6)72-58(7,8)30-47,48-31-59(9,10)73-60(11,12)32-48)49-33-61(13,14)74-62(15,16)34-49)53-78-43-69(44-79-53)45-80-54(81-46-69)56(3,4)42-71(50-35-63(17,18)75-64(19,20)36-50,51-37-65(21,22)76-66(23,24)38-51)52-39-67(25,26)77-68(27,28)40-52;1-7(13)5-8(11(15)18-3)9(12(16)19-4)6-10(14)17-2/h47-54,72-77H,29-46H2,1-28H3;8-9H,5-6H2,1-4H3. The number of ether oxygens (including phenoxy) is 7. The molecule has 0 aromatic heterocycles. The van der Waals surface area contributed by atoms with E-state index in [-0.39, 0.29) is 125 Å². The highest BCUT2D eigenvalue weighted by atomic mass is 16.7. The number of carbonyl (C=O) groups excluding carboxylic acids is 4. The van der Waals surface area contributed by atoms with Crippen molar-refractivity contribution in [3.8, 4) is 0 Å². The Bertz CT molecular complexity index is 2410. The molecule has 2 unspecified atom stereocenters. The van der Waals surface area contributed by atoms with Gasteiger partial charge in [0.1, 0.15) is 5.78 Å². The molecule has 0 aliphatic carbocycles. The quantitative estimate of drug-likeness (QED) is 0.0525. The third-order valence-corrected chi connectivity index (χ3v) is 25.3. The van der Waals surface area contributed by atoms with E-state index in [1.165, 1.54) is 84.0 Å². The first-order valence-corrected chi connectivity index (χ1v) is 39.0. The van der Waals surface area contributed by atoms with Gasteiger partial charge in [-0.25, -0.2) is 0 Å². The van der Waals surface area contributed by atoms with Gasteiger partial charge in [0.05, 0.1) is 71.4 Å². The van der Waals surface area contributed by atoms with Gasteiger partial charge in [-0.2, -0.15) is 0 Å². The van der Waals surface area contributed by atoms with Crippen molar-refractivity contribution < 1.29 is 52.3 Å². The van der Waals surface area contributed by atoms with Crippen LogP contribution in [0, 0.1) is 74.4 Å². The zero-order valence-electron chi connectivity index (χ0n) is 69.9. The molecular weight excluding hydrogens is 1260 g/mol. The largest absolute Gasteiger partial charge is 0.469 e. The SMILES string of the molecule is CC1(C)CC(C(CC(C)(C)C2OCC3(CO2)COC(C(C)(C)CC(C2CC(C)(C)NC(C)(C)C2)(C2CC(C)(C)NC(C)(C)C2)C2CC(C)(C)NC(C)(C)C2)OC3)(C2CC(C)(C)NC(C)(C)C2)C2CC(C)(C)NC(C)(C)C2)CC(C)(C)N1.COC(=O)CC(C(=O)OC)C(CC(C)=O)C(=O)OC. The van der Waals surface area contributed by atoms with E-state index >= 15 is 0 Å². The van der Waals surface area contributed by atoms with E-state index in [0.29, 0.717) is 61.9 Å². The number of hydrogen-bond acceptors (Lipinski definition) is 17. The fraction of sp³-hybridized carbons (Fsp3) is 0.952. The van der Waals surface area contributed by atoms with Crippen LogP contribution in [0.4, 0.5) is 0 Å². The highest BCUT2D eigenvalue weighted by Crippen LogP contribution is 2.67. The van der Waals surface area contributed by atoms with E-state index in [2.05, 4.69) is 240 Å². The van der Waals surface area contributed by atoms with Crippen LogP contribution < -0.4 is 31.9 Å². The monoisotopic (exact) mass is 1410 g/mol. The maximum absolute atomic E-state index is 11.7. The highest BCUT2D eigenvalue weighted by molar-refractivity contribution is 5.89. The van der Waals surface area contributed by atoms with Crippen LogP contribution in [0.3, 0.4) is 0 Å². The minimum atomic E-state index is -1.10. The van der Waals surface area contributed by atoms with Gasteiger partial charge in [-0.1, -0.05) is 27.7 Å². The Hall–Kier alpha value is -2.32. The Balaban J connectivity index is 0.000000643. The van der Waals surface area contributed by atoms with Gasteiger partial charge in [0.25, 0.3) is 0 Å². The minimum Gasteiger partial charge on any atom is -0.469 e. The Labute approximate surface area is 609 Å². The van der Waals surface area contributed by atoms with Crippen LogP contribution >= 0.6 is 0 Å². The summed E-state index contributed by atoms with van der Waals surface area (Å²) in [6.45, 7) is 73.2. The predicted molar refractivity (Wildman–Crippen MR) is 403 cm³/mol. The van der Waals surface area contributed by atoms with Crippen molar-refractivity contribution in [2.75, 3.05) is 47.8 Å². The Morgan fingerprint density at radius 3 is 0.700 bits per heavy atom. The summed E-state index contributed by atoms with van der Waals surface area (Å²) < 4.78 is 42.8. The van der Waals surface area contributed by atoms with E-state index in [1.54, 1.807) is 0 Å². The molecule has 0 radical (unpaired) electrons. The molecule has 17 nitrogen and oxygen atoms in total. The van der Waals surface area contributed by atoms with Crippen LogP contribution in [-0.4, -0.2) is 150 Å². The maximum Gasteiger partial charge on any atom is 0.310 e. The number of carbonyl (C=O) groups is 4. The zero-order chi connectivity index (χ0) is 75.9. The number of methoxy groups -OCH3 is 3. The third kappa shape index (κ3) is 20.7. The number of Topliss-reactive ketones (excluding diaryl/α,β-unsaturated/α-hetero) is 1. The van der Waals surface area contributed by atoms with Crippen LogP contribution in [0.5, 0.6) is 0 Å². The molecule has 100 heavy (non-hydrogen) atoms. The fourth-order valence-corrected chi connectivity index (χ4v) is 24.7. The molecule has 0 saturated carbocycles. The van der Waals surface area contributed by atoms with E-state index in [0.717, 1.165) is 34.2 Å². The fourth-order valence-electron chi connectivity index (χ4n) is 24.7. The second kappa shape index (κ2) is 29.0. The van der Waals surface area contributed by atoms with Gasteiger partial charge in [-0.15, -0.1) is 0 Å². The lowest BCUT2D eigenvalue weighted by molar-refractivity contribution is -0.340. The van der Waals surface area contributed by atoms with Crippen molar-refractivity contribution in [1.82, 2.24) is 31.9 Å². The molecule has 6 N–H and O–H groups in total. The second-order valence-electron chi connectivity index (χ2n) is 43.9. The molecule has 0 aromatic rings. The summed E-state index contributed by atoms with van der Waals surface area (Å²) >= 11 is 0. The molecule has 8 aliphatic heterocycles. The number of rotatable bonds is 19. The number of piperidine rings is 6. The molecule has 8 rings (SSSR count). The average Bonchev–Trinajstić information content (AvgIpc) is 0.717. The van der Waals surface area contributed by atoms with Crippen LogP contribution in [0.15, 0.2) is 0 Å². The first kappa shape index (κ1) is 84.9. The smallest absolute Gasteiger partial charge is 0.310 e. The van der Waals surface area contributed by atoms with Crippen LogP contribution in [0.25, 0.3) is 0 Å². The molecule has 8 saturated heterocycles. The number of ketones is 1. The minimum absolute atomic E-state index is 0.0143. The molecule has 8 fully saturated rings. The van der Waals surface area contributed by atoms with Crippen LogP contribution in [-0.2, 0) is 52.3 Å². The van der Waals surface area contributed by atoms with Crippen LogP contribution in [0.1, 0.15) is 304 Å². The van der Waals surface area contributed by atoms with E-state index < -0.39 is 29.7 Å². The topological polar surface area (TPSA) is 205 Å². The van der Waals surface area contributed by atoms with Crippen molar-refractivity contribution in [2.24, 2.45) is 74.4 Å². The lowest BCUT2D eigenvalue weighted by atomic mass is 9.44. The Kier molecular flexibility index (Phi) is 24.6. The van der Waals surface area contributed by atoms with Gasteiger partial charge in [0, 0.05) is 83.7 Å². The van der Waals surface area contributed by atoms with Gasteiger partial charge in [0.2, 0.25) is 0 Å². The first-order chi connectivity index (χ1) is 45.0. The molecule has 1 spiro atoms. The molecular formula is C83H152N6O11. The molecule has 0 aromatic carbocycles. The van der Waals surface area contributed by atoms with E-state index in [4.69, 9.17) is 18.9 Å². The number of hydrogen-bond donors (Lipinski definition) is 6. The average molecular weight is 1410 g/mol. The van der Waals surface area contributed by atoms with Gasteiger partial charge < -0.3 is 69.9 Å². The molecule has 8 aliphatic rings. The summed E-state index contributed by atoms with van der Waals surface area (Å²) in [5.74, 6) is -1.50. The second-order valence-corrected chi connectivity index (χ2v) is 43.9. The van der Waals surface area contributed by atoms with Crippen molar-refractivity contribution in [1.29, 1.82) is 0 Å². The Morgan fingerprint density at radius 2 is 0.530 bits per heavy atom. The summed E-state index contributed by atoms with van der Waals surface area (Å²) in [5.41, 5.74) is -0.672. The van der Waals surface area contributed by atoms with Crippen molar-refractivity contribution in [2.45, 2.75) is 383 Å². The summed E-state index contributed by atoms with van der Waals surface area (Å²) in [5, 5.41) is 24.9. The molecule has 0 bridgehead atoms. The molecule has 2 atom stereocenters. The van der Waals surface area contributed by atoms with E-state index in [1.807, 2.05) is 0 Å². The summed E-state index contributed by atoms with van der Waals surface area (Å²) in [4.78, 5) is 45.7. The molecule has 0 amide bonds. The molecule has 580 valence electrons. The third-order valence-electron chi connectivity index (χ3n) is 25.3. The van der Waals surface area contributed by atoms with Gasteiger partial charge in [-0.3, -0.25) is 14.4 Å². The highest BCUT2D eigenvalue weighted by Gasteiger charge is 2.65. The summed E-state index contributed by atoms with van der Waals surface area (Å²) in [6, 6.07) is 0. The van der Waals surface area contributed by atoms with Gasteiger partial charge in [-0.05, 0) is 309 Å². The normalized spacial score (nSPS) is 30.6. The Morgan fingerprint density at radius 1 is 0.340 bits per heavy atom. The van der Waals surface area contributed by atoms with Crippen molar-refractivity contribution >= 4 is 23.7 Å². The van der Waals surface area contributed by atoms with Crippen molar-refractivity contribution in [3.63, 3.8) is 0 Å². The van der Waals surface area contributed by atoms with Crippen molar-refractivity contribution in [3.05, 3.63) is 0 Å². The van der Waals surface area contributed by atoms with Gasteiger partial charge in [0.15, 0.2) is 12.6 Å². The summed E-state index contributed by atoms with van der Waals surface area (Å²) in [7, 11) is 3.44. The maximum atomic E-state index is 11.7. The first-order valence-electron chi connectivity index (χ1n) is 39.0. The number of esters is 3. The van der Waals surface area contributed by atoms with Gasteiger partial charge >= 0.3 is 17.9 Å².